The second-order valence-corrected chi connectivity index (χ2v) is 12.2. The molecule has 0 unspecified atom stereocenters. The Bertz CT molecular complexity index is 505. The predicted molar refractivity (Wildman–Crippen MR) is 98.8 cm³/mol. The third-order valence-electron chi connectivity index (χ3n) is 2.40. The van der Waals surface area contributed by atoms with Crippen molar-refractivity contribution in [3.63, 3.8) is 0 Å². The lowest BCUT2D eigenvalue weighted by Crippen LogP contribution is -1.92. The highest BCUT2D eigenvalue weighted by Gasteiger charge is 2.34. The molecule has 4 heterocycles. The van der Waals surface area contributed by atoms with Gasteiger partial charge in [0.15, 0.2) is 5.09 Å². The van der Waals surface area contributed by atoms with E-state index in [0.29, 0.717) is 0 Å². The van der Waals surface area contributed by atoms with Gasteiger partial charge in [0.25, 0.3) is 0 Å². The minimum absolute atomic E-state index is 1.04. The molecule has 0 aromatic carbocycles. The normalized spacial score (nSPS) is 26.5. The topological polar surface area (TPSA) is 9.23 Å². The van der Waals surface area contributed by atoms with Crippen LogP contribution in [0.25, 0.3) is 0 Å². The zero-order valence-corrected chi connectivity index (χ0v) is 15.3. The van der Waals surface area contributed by atoms with E-state index in [1.165, 1.54) is 34.9 Å². The van der Waals surface area contributed by atoms with Crippen molar-refractivity contribution in [1.82, 2.24) is 0 Å². The molecule has 4 aliphatic heterocycles. The highest BCUT2D eigenvalue weighted by molar-refractivity contribution is 8.49. The van der Waals surface area contributed by atoms with Gasteiger partial charge in [0.2, 0.25) is 0 Å². The first-order chi connectivity index (χ1) is 9.40. The lowest BCUT2D eigenvalue weighted by atomic mass is 10.6. The van der Waals surface area contributed by atoms with E-state index in [9.17, 15) is 0 Å². The second kappa shape index (κ2) is 6.14. The fourth-order valence-electron chi connectivity index (χ4n) is 1.60. The van der Waals surface area contributed by atoms with Gasteiger partial charge < -0.3 is 4.74 Å². The van der Waals surface area contributed by atoms with Gasteiger partial charge >= 0.3 is 0 Å². The Balaban J connectivity index is 1.48. The molecule has 1 saturated heterocycles. The molecular weight excluding hydrogens is 373 g/mol. The van der Waals surface area contributed by atoms with Crippen molar-refractivity contribution in [2.75, 3.05) is 11.5 Å². The first-order valence-electron chi connectivity index (χ1n) is 5.58. The zero-order chi connectivity index (χ0) is 12.7. The van der Waals surface area contributed by atoms with Crippen LogP contribution in [0, 0.1) is 0 Å². The van der Waals surface area contributed by atoms with Crippen molar-refractivity contribution in [3.8, 4) is 0 Å². The maximum Gasteiger partial charge on any atom is 0.184 e. The highest BCUT2D eigenvalue weighted by atomic mass is 32.3. The second-order valence-electron chi connectivity index (χ2n) is 3.69. The van der Waals surface area contributed by atoms with Crippen LogP contribution >= 0.6 is 82.3 Å². The first kappa shape index (κ1) is 13.8. The molecule has 19 heavy (non-hydrogen) atoms. The molecule has 0 aliphatic carbocycles. The standard InChI is InChI=1S/C11H8OS7/c1-3-14-8(15-4-1)9-18-10-11(19-9)17-7(16-10)6-12-2-5-13-6/h2,5H,1,3-4H2. The molecule has 0 aromatic heterocycles. The van der Waals surface area contributed by atoms with Crippen LogP contribution in [0.15, 0.2) is 37.9 Å². The molecule has 0 atom stereocenters. The molecule has 1 fully saturated rings. The summed E-state index contributed by atoms with van der Waals surface area (Å²) in [5.41, 5.74) is 0. The first-order valence-corrected chi connectivity index (χ1v) is 11.7. The molecule has 0 spiro atoms. The molecule has 0 amide bonds. The van der Waals surface area contributed by atoms with Crippen molar-refractivity contribution in [2.24, 2.45) is 0 Å². The third kappa shape index (κ3) is 2.91. The van der Waals surface area contributed by atoms with Crippen LogP contribution in [0.5, 0.6) is 0 Å². The number of rotatable bonds is 0. The molecule has 0 saturated carbocycles. The molecule has 100 valence electrons. The summed E-state index contributed by atoms with van der Waals surface area (Å²) in [5.74, 6) is 2.56. The van der Waals surface area contributed by atoms with Gasteiger partial charge in [0.1, 0.15) is 4.24 Å². The summed E-state index contributed by atoms with van der Waals surface area (Å²) in [6.45, 7) is 0. The van der Waals surface area contributed by atoms with E-state index < -0.39 is 0 Å². The minimum atomic E-state index is 1.04. The summed E-state index contributed by atoms with van der Waals surface area (Å²) in [7, 11) is 0. The monoisotopic (exact) mass is 380 g/mol. The molecule has 4 rings (SSSR count). The molecule has 0 N–H and O–H groups in total. The van der Waals surface area contributed by atoms with Crippen LogP contribution in [0.1, 0.15) is 6.42 Å². The average Bonchev–Trinajstić information content (AvgIpc) is 3.14. The molecule has 0 aromatic rings. The van der Waals surface area contributed by atoms with Crippen LogP contribution in [0.3, 0.4) is 0 Å². The molecule has 0 radical (unpaired) electrons. The quantitative estimate of drug-likeness (QED) is 0.469. The minimum Gasteiger partial charge on any atom is -0.455 e. The van der Waals surface area contributed by atoms with Crippen LogP contribution in [-0.4, -0.2) is 11.5 Å². The van der Waals surface area contributed by atoms with Crippen LogP contribution in [0.2, 0.25) is 0 Å². The summed E-state index contributed by atoms with van der Waals surface area (Å²) in [5, 5.41) is 3.04. The SMILES string of the molecule is C1=CSC(=C2SC3=C(S2)SC(=C2SCCCS2)S3)O1. The Hall–Kier alpha value is 1.21. The number of hydrogen-bond acceptors (Lipinski definition) is 8. The maximum absolute atomic E-state index is 5.50. The van der Waals surface area contributed by atoms with Crippen LogP contribution < -0.4 is 0 Å². The van der Waals surface area contributed by atoms with Gasteiger partial charge in [-0.25, -0.2) is 0 Å². The van der Waals surface area contributed by atoms with E-state index in [1.807, 2.05) is 76.0 Å². The summed E-state index contributed by atoms with van der Waals surface area (Å²) in [6, 6.07) is 0. The van der Waals surface area contributed by atoms with E-state index in [4.69, 9.17) is 4.74 Å². The lowest BCUT2D eigenvalue weighted by molar-refractivity contribution is 0.396. The van der Waals surface area contributed by atoms with Crippen LogP contribution in [-0.2, 0) is 4.74 Å². The van der Waals surface area contributed by atoms with Gasteiger partial charge in [0.05, 0.1) is 23.2 Å². The van der Waals surface area contributed by atoms with Gasteiger partial charge in [-0.2, -0.15) is 0 Å². The third-order valence-corrected chi connectivity index (χ3v) is 12.2. The molecular formula is C11H8OS7. The average molecular weight is 381 g/mol. The van der Waals surface area contributed by atoms with Gasteiger partial charge in [-0.1, -0.05) is 58.8 Å². The Labute approximate surface area is 142 Å². The largest absolute Gasteiger partial charge is 0.455 e. The van der Waals surface area contributed by atoms with Crippen molar-refractivity contribution in [2.45, 2.75) is 6.42 Å². The van der Waals surface area contributed by atoms with Crippen molar-refractivity contribution in [1.29, 1.82) is 0 Å². The summed E-state index contributed by atoms with van der Waals surface area (Å²) >= 11 is 13.4. The molecule has 0 bridgehead atoms. The lowest BCUT2D eigenvalue weighted by Gasteiger charge is -2.15. The number of hydrogen-bond donors (Lipinski definition) is 0. The number of ether oxygens (including phenoxy) is 1. The van der Waals surface area contributed by atoms with E-state index in [1.54, 1.807) is 22.3 Å². The molecule has 8 heteroatoms. The van der Waals surface area contributed by atoms with E-state index >= 15 is 0 Å². The van der Waals surface area contributed by atoms with E-state index in [2.05, 4.69) is 0 Å². The summed E-state index contributed by atoms with van der Waals surface area (Å²) < 4.78 is 12.7. The Morgan fingerprint density at radius 3 is 2.05 bits per heavy atom. The van der Waals surface area contributed by atoms with Crippen molar-refractivity contribution < 1.29 is 4.74 Å². The molecule has 4 aliphatic rings. The Morgan fingerprint density at radius 2 is 1.42 bits per heavy atom. The zero-order valence-electron chi connectivity index (χ0n) is 9.54. The maximum atomic E-state index is 5.50. The predicted octanol–water partition coefficient (Wildman–Crippen LogP) is 6.43. The van der Waals surface area contributed by atoms with Crippen LogP contribution in [0.4, 0.5) is 0 Å². The van der Waals surface area contributed by atoms with Gasteiger partial charge in [-0.3, -0.25) is 0 Å². The van der Waals surface area contributed by atoms with Gasteiger partial charge in [0, 0.05) is 5.41 Å². The number of thioether (sulfide) groups is 7. The fraction of sp³-hybridized carbons (Fsp3) is 0.273. The molecule has 1 nitrogen and oxygen atoms in total. The van der Waals surface area contributed by atoms with E-state index in [-0.39, 0.29) is 0 Å². The Kier molecular flexibility index (Phi) is 4.47. The highest BCUT2D eigenvalue weighted by Crippen LogP contribution is 2.69. The summed E-state index contributed by atoms with van der Waals surface area (Å²) in [6.07, 6.45) is 3.11. The fourth-order valence-corrected chi connectivity index (χ4v) is 11.7. The van der Waals surface area contributed by atoms with E-state index in [0.717, 1.165) is 5.09 Å². The van der Waals surface area contributed by atoms with Crippen molar-refractivity contribution >= 4 is 82.3 Å². The van der Waals surface area contributed by atoms with Gasteiger partial charge in [-0.05, 0) is 17.9 Å². The van der Waals surface area contributed by atoms with Crippen molar-refractivity contribution in [3.05, 3.63) is 37.9 Å². The van der Waals surface area contributed by atoms with Gasteiger partial charge in [-0.15, -0.1) is 23.5 Å². The summed E-state index contributed by atoms with van der Waals surface area (Å²) in [4.78, 5) is 0. The smallest absolute Gasteiger partial charge is 0.184 e. The Morgan fingerprint density at radius 1 is 0.789 bits per heavy atom.